The summed E-state index contributed by atoms with van der Waals surface area (Å²) in [5.41, 5.74) is 4.95. The highest BCUT2D eigenvalue weighted by molar-refractivity contribution is 6.27. The Morgan fingerprint density at radius 1 is 0.433 bits per heavy atom. The van der Waals surface area contributed by atoms with Crippen LogP contribution in [0.4, 0.5) is 39.2 Å². The van der Waals surface area contributed by atoms with Crippen LogP contribution in [-0.4, -0.2) is 16.3 Å². The van der Waals surface area contributed by atoms with Crippen molar-refractivity contribution >= 4 is 105 Å². The number of carbonyl (C=O) groups is 1. The highest BCUT2D eigenvalue weighted by atomic mass is 16.6. The molecule has 10 aromatic carbocycles. The lowest BCUT2D eigenvalue weighted by Gasteiger charge is -2.32. The van der Waals surface area contributed by atoms with E-state index in [1.54, 1.807) is 0 Å². The molecule has 0 aliphatic rings. The first-order valence-corrected chi connectivity index (χ1v) is 20.6. The predicted molar refractivity (Wildman–Crippen MR) is 252 cm³/mol. The van der Waals surface area contributed by atoms with Gasteiger partial charge in [-0.05, 0) is 136 Å². The molecule has 0 atom stereocenters. The molecule has 11 rings (SSSR count). The Morgan fingerprint density at radius 3 is 1.17 bits per heavy atom. The van der Waals surface area contributed by atoms with E-state index >= 15 is 4.79 Å². The van der Waals surface area contributed by atoms with Gasteiger partial charge in [0.25, 0.3) is 0 Å². The maximum atomic E-state index is 15.4. The van der Waals surface area contributed by atoms with Crippen molar-refractivity contribution in [3.05, 3.63) is 181 Å². The molecule has 0 amide bonds. The summed E-state index contributed by atoms with van der Waals surface area (Å²) in [6, 6.07) is 60.4. The molecule has 1 heterocycles. The number of hydrogen-bond acceptors (Lipinski definition) is 4. The van der Waals surface area contributed by atoms with Crippen LogP contribution in [0.2, 0.25) is 0 Å². The van der Waals surface area contributed by atoms with Gasteiger partial charge < -0.3 is 4.74 Å². The van der Waals surface area contributed by atoms with Crippen molar-refractivity contribution in [1.82, 2.24) is 4.57 Å². The van der Waals surface area contributed by atoms with Crippen molar-refractivity contribution in [2.75, 3.05) is 9.80 Å². The minimum absolute atomic E-state index is 0.457. The fourth-order valence-electron chi connectivity index (χ4n) is 9.52. The molecule has 0 spiro atoms. The number of ether oxygens (including phenoxy) is 1. The number of anilines is 6. The van der Waals surface area contributed by atoms with Gasteiger partial charge in [0.05, 0.1) is 11.4 Å². The Bertz CT molecular complexity index is 3190. The third kappa shape index (κ3) is 5.42. The maximum absolute atomic E-state index is 15.4. The Hall–Kier alpha value is -7.37. The van der Waals surface area contributed by atoms with Crippen molar-refractivity contribution in [2.24, 2.45) is 0 Å². The predicted octanol–water partition coefficient (Wildman–Crippen LogP) is 15.6. The van der Waals surface area contributed by atoms with Crippen LogP contribution in [0.1, 0.15) is 31.9 Å². The summed E-state index contributed by atoms with van der Waals surface area (Å²) in [6.07, 6.45) is -0.457. The molecule has 0 aliphatic heterocycles. The summed E-state index contributed by atoms with van der Waals surface area (Å²) in [5, 5.41) is 14.2. The van der Waals surface area contributed by atoms with Gasteiger partial charge in [0.2, 0.25) is 0 Å². The number of aromatic nitrogens is 1. The van der Waals surface area contributed by atoms with Gasteiger partial charge >= 0.3 is 6.09 Å². The number of benzene rings is 10. The van der Waals surface area contributed by atoms with Gasteiger partial charge in [0.15, 0.2) is 0 Å². The van der Waals surface area contributed by atoms with E-state index in [2.05, 4.69) is 181 Å². The summed E-state index contributed by atoms with van der Waals surface area (Å²) in [7, 11) is 0. The number of para-hydroxylation sites is 2. The van der Waals surface area contributed by atoms with Crippen molar-refractivity contribution in [3.8, 4) is 0 Å². The zero-order valence-corrected chi connectivity index (χ0v) is 34.3. The smallest absolute Gasteiger partial charge is 0.421 e. The topological polar surface area (TPSA) is 37.7 Å². The van der Waals surface area contributed by atoms with Crippen LogP contribution in [0.15, 0.2) is 170 Å². The molecular formula is C55H43N3O2. The molecule has 0 fully saturated rings. The highest BCUT2D eigenvalue weighted by Crippen LogP contribution is 2.51. The second kappa shape index (κ2) is 13.3. The molecule has 0 bridgehead atoms. The van der Waals surface area contributed by atoms with Crippen LogP contribution in [0, 0.1) is 13.8 Å². The van der Waals surface area contributed by atoms with Crippen molar-refractivity contribution in [2.45, 2.75) is 40.2 Å². The molecule has 0 saturated heterocycles. The third-order valence-electron chi connectivity index (χ3n) is 12.2. The fraction of sp³-hybridized carbons (Fsp3) is 0.109. The molecule has 0 radical (unpaired) electrons. The van der Waals surface area contributed by atoms with Gasteiger partial charge in [-0.1, -0.05) is 133 Å². The number of rotatable bonds is 6. The van der Waals surface area contributed by atoms with E-state index in [0.29, 0.717) is 0 Å². The van der Waals surface area contributed by atoms with Crippen LogP contribution in [-0.2, 0) is 4.74 Å². The van der Waals surface area contributed by atoms with Gasteiger partial charge in [0.1, 0.15) is 17.2 Å². The van der Waals surface area contributed by atoms with E-state index in [9.17, 15) is 0 Å². The van der Waals surface area contributed by atoms with E-state index < -0.39 is 11.7 Å². The first-order valence-electron chi connectivity index (χ1n) is 20.6. The summed E-state index contributed by atoms with van der Waals surface area (Å²) in [4.78, 5) is 19.9. The molecule has 11 aromatic rings. The first-order chi connectivity index (χ1) is 29.2. The Balaban J connectivity index is 1.25. The molecule has 5 nitrogen and oxygen atoms in total. The molecule has 0 unspecified atom stereocenters. The van der Waals surface area contributed by atoms with Crippen molar-refractivity contribution in [3.63, 3.8) is 0 Å². The van der Waals surface area contributed by atoms with Gasteiger partial charge in [0, 0.05) is 22.1 Å². The molecular weight excluding hydrogens is 735 g/mol. The zero-order chi connectivity index (χ0) is 40.9. The summed E-state index contributed by atoms with van der Waals surface area (Å²) in [5.74, 6) is 1.44. The number of carbonyl (C=O) groups excluding carboxylic acids is 1. The molecule has 0 aliphatic carbocycles. The van der Waals surface area contributed by atoms with E-state index in [-0.39, 0.29) is 0 Å². The van der Waals surface area contributed by atoms with E-state index in [1.807, 2.05) is 37.5 Å². The van der Waals surface area contributed by atoms with Crippen LogP contribution in [0.5, 0.6) is 0 Å². The standard InChI is InChI=1S/C55H43N3O2/c1-34-35(2)53(57(43-20-10-7-11-21-43)47-33-29-41-25-23-37-15-13-17-39-27-31-45(47)51(41)49(37)39)58(54(59)60-55(3,4)5)52(34)56(42-18-8-6-9-19-42)46-32-28-40-24-22-36-14-12-16-38-26-30-44(46)50(40)48(36)38/h6-33H,1-5H3. The maximum Gasteiger partial charge on any atom is 0.421 e. The van der Waals surface area contributed by atoms with Crippen LogP contribution >= 0.6 is 0 Å². The Morgan fingerprint density at radius 2 is 0.783 bits per heavy atom. The van der Waals surface area contributed by atoms with Crippen LogP contribution in [0.3, 0.4) is 0 Å². The number of hydrogen-bond donors (Lipinski definition) is 0. The van der Waals surface area contributed by atoms with Crippen molar-refractivity contribution in [1.29, 1.82) is 0 Å². The zero-order valence-electron chi connectivity index (χ0n) is 34.3. The van der Waals surface area contributed by atoms with E-state index in [4.69, 9.17) is 4.74 Å². The lowest BCUT2D eigenvalue weighted by Crippen LogP contribution is -2.31. The minimum atomic E-state index is -0.771. The molecule has 60 heavy (non-hydrogen) atoms. The monoisotopic (exact) mass is 777 g/mol. The Labute approximate surface area is 348 Å². The van der Waals surface area contributed by atoms with Crippen LogP contribution in [0.25, 0.3) is 64.6 Å². The van der Waals surface area contributed by atoms with Gasteiger partial charge in [-0.15, -0.1) is 0 Å². The molecule has 290 valence electrons. The molecule has 1 aromatic heterocycles. The first kappa shape index (κ1) is 35.8. The lowest BCUT2D eigenvalue weighted by molar-refractivity contribution is 0.0543. The van der Waals surface area contributed by atoms with Gasteiger partial charge in [-0.2, -0.15) is 0 Å². The SMILES string of the molecule is Cc1c(C)c(N(c2ccccc2)c2ccc3ccc4cccc5ccc2c3c45)n(C(=O)OC(C)(C)C)c1N(c1ccccc1)c1ccc2ccc3cccc4ccc1c2c34. The van der Waals surface area contributed by atoms with E-state index in [1.165, 1.54) is 53.9 Å². The summed E-state index contributed by atoms with van der Waals surface area (Å²) < 4.78 is 8.27. The average molecular weight is 778 g/mol. The normalized spacial score (nSPS) is 12.2. The minimum Gasteiger partial charge on any atom is -0.443 e. The average Bonchev–Trinajstić information content (AvgIpc) is 3.51. The quantitative estimate of drug-likeness (QED) is 0.158. The van der Waals surface area contributed by atoms with Gasteiger partial charge in [-0.3, -0.25) is 9.80 Å². The fourth-order valence-corrected chi connectivity index (χ4v) is 9.52. The summed E-state index contributed by atoms with van der Waals surface area (Å²) in [6.45, 7) is 10.1. The second-order valence-electron chi connectivity index (χ2n) is 16.9. The number of nitrogens with zero attached hydrogens (tertiary/aromatic N) is 3. The highest BCUT2D eigenvalue weighted by Gasteiger charge is 2.35. The molecule has 0 N–H and O–H groups in total. The van der Waals surface area contributed by atoms with Crippen molar-refractivity contribution < 1.29 is 9.53 Å². The molecule has 5 heteroatoms. The Kier molecular flexibility index (Phi) is 7.95. The van der Waals surface area contributed by atoms with Crippen LogP contribution < -0.4 is 9.80 Å². The third-order valence-corrected chi connectivity index (χ3v) is 12.2. The van der Waals surface area contributed by atoms with E-state index in [0.717, 1.165) is 56.3 Å². The molecule has 0 saturated carbocycles. The lowest BCUT2D eigenvalue weighted by atomic mass is 9.93. The largest absolute Gasteiger partial charge is 0.443 e. The summed E-state index contributed by atoms with van der Waals surface area (Å²) >= 11 is 0. The second-order valence-corrected chi connectivity index (χ2v) is 16.9. The van der Waals surface area contributed by atoms with Gasteiger partial charge in [-0.25, -0.2) is 9.36 Å².